The number of aryl methyl sites for hydroxylation is 1. The lowest BCUT2D eigenvalue weighted by Crippen LogP contribution is -2.60. The van der Waals surface area contributed by atoms with Crippen LogP contribution in [0.15, 0.2) is 84.9 Å². The molecule has 5 amide bonds. The van der Waals surface area contributed by atoms with Crippen molar-refractivity contribution < 1.29 is 29.0 Å². The van der Waals surface area contributed by atoms with Crippen LogP contribution in [0.1, 0.15) is 63.7 Å². The summed E-state index contributed by atoms with van der Waals surface area (Å²) in [7, 11) is 1.23. The Balaban J connectivity index is 1.42. The summed E-state index contributed by atoms with van der Waals surface area (Å²) in [6.45, 7) is 12.4. The summed E-state index contributed by atoms with van der Waals surface area (Å²) in [5, 5.41) is 20.4. The number of urea groups is 1. The van der Waals surface area contributed by atoms with Gasteiger partial charge in [0.1, 0.15) is 12.1 Å². The normalized spacial score (nSPS) is 15.8. The second kappa shape index (κ2) is 19.7. The van der Waals surface area contributed by atoms with E-state index in [4.69, 9.17) is 9.72 Å². The molecule has 2 aromatic heterocycles. The van der Waals surface area contributed by atoms with E-state index in [2.05, 4.69) is 21.0 Å². The molecule has 0 saturated carbocycles. The SMILES string of the molecule is CC[C@H](C)[C@@H](C(=O)N[C@@H](Cc1ccccc1)[C@@H](O)CN(Cc1ccc2ccccc2n1)NC(=O)[C@@H](NC(=O)OC)C(C)(C)C)N1CCN(Cc2cccc(C)n2)C1=O. The smallest absolute Gasteiger partial charge is 0.407 e. The maximum atomic E-state index is 14.5. The number of aromatic nitrogens is 2. The molecule has 5 atom stereocenters. The zero-order valence-electron chi connectivity index (χ0n) is 34.6. The van der Waals surface area contributed by atoms with Crippen LogP contribution in [0.2, 0.25) is 0 Å². The molecule has 14 heteroatoms. The Kier molecular flexibility index (Phi) is 14.8. The van der Waals surface area contributed by atoms with E-state index in [-0.39, 0.29) is 37.4 Å². The van der Waals surface area contributed by atoms with Crippen molar-refractivity contribution >= 4 is 34.8 Å². The number of hydrazine groups is 1. The van der Waals surface area contributed by atoms with Crippen LogP contribution < -0.4 is 16.1 Å². The standard InChI is InChI=1S/C44H58N8O6/c1-8-29(2)38(52-24-23-50(43(52)57)26-33-19-14-15-30(3)45-33)40(54)47-36(25-31-16-10-9-11-17-31)37(53)28-51(27-34-22-21-32-18-12-13-20-35(32)46-34)49-41(55)39(44(4,5)6)48-42(56)58-7/h9-22,29,36-39,53H,8,23-28H2,1-7H3,(H,47,54)(H,48,56)(H,49,55)/t29-,36-,37-,38-,39+/m0/s1. The van der Waals surface area contributed by atoms with Crippen LogP contribution in [-0.4, -0.2) is 105 Å². The van der Waals surface area contributed by atoms with Crippen LogP contribution in [0.5, 0.6) is 0 Å². The molecule has 1 aliphatic rings. The van der Waals surface area contributed by atoms with Gasteiger partial charge in [-0.2, -0.15) is 0 Å². The first-order valence-corrected chi connectivity index (χ1v) is 19.9. The number of nitrogens with one attached hydrogen (secondary N) is 3. The lowest BCUT2D eigenvalue weighted by Gasteiger charge is -2.36. The minimum Gasteiger partial charge on any atom is -0.453 e. The second-order valence-electron chi connectivity index (χ2n) is 16.2. The lowest BCUT2D eigenvalue weighted by molar-refractivity contribution is -0.133. The van der Waals surface area contributed by atoms with Crippen molar-refractivity contribution in [2.24, 2.45) is 11.3 Å². The zero-order chi connectivity index (χ0) is 42.0. The molecule has 2 aromatic carbocycles. The quantitative estimate of drug-likeness (QED) is 0.108. The number of nitrogens with zero attached hydrogens (tertiary/aromatic N) is 5. The minimum absolute atomic E-state index is 0.0954. The van der Waals surface area contributed by atoms with E-state index in [0.29, 0.717) is 31.7 Å². The van der Waals surface area contributed by atoms with Gasteiger partial charge in [0.05, 0.1) is 49.2 Å². The number of pyridine rings is 2. The topological polar surface area (TPSA) is 169 Å². The number of carbonyl (C=O) groups excluding carboxylic acids is 4. The van der Waals surface area contributed by atoms with Crippen molar-refractivity contribution in [3.8, 4) is 0 Å². The number of carbonyl (C=O) groups is 4. The van der Waals surface area contributed by atoms with Crippen molar-refractivity contribution in [1.82, 2.24) is 40.8 Å². The van der Waals surface area contributed by atoms with E-state index in [0.717, 1.165) is 27.9 Å². The highest BCUT2D eigenvalue weighted by Crippen LogP contribution is 2.24. The van der Waals surface area contributed by atoms with Crippen LogP contribution in [0, 0.1) is 18.3 Å². The number of rotatable bonds is 17. The number of aliphatic hydroxyl groups is 1. The fourth-order valence-corrected chi connectivity index (χ4v) is 7.21. The van der Waals surface area contributed by atoms with Gasteiger partial charge in [0.2, 0.25) is 5.91 Å². The Morgan fingerprint density at radius 2 is 1.62 bits per heavy atom. The highest BCUT2D eigenvalue weighted by Gasteiger charge is 2.41. The first-order valence-electron chi connectivity index (χ1n) is 19.9. The Morgan fingerprint density at radius 3 is 2.31 bits per heavy atom. The Morgan fingerprint density at radius 1 is 0.897 bits per heavy atom. The highest BCUT2D eigenvalue weighted by molar-refractivity contribution is 5.88. The van der Waals surface area contributed by atoms with Gasteiger partial charge in [-0.1, -0.05) is 102 Å². The van der Waals surface area contributed by atoms with Gasteiger partial charge in [0.25, 0.3) is 5.91 Å². The number of ether oxygens (including phenoxy) is 1. The number of benzene rings is 2. The second-order valence-corrected chi connectivity index (χ2v) is 16.2. The van der Waals surface area contributed by atoms with Crippen LogP contribution in [0.4, 0.5) is 9.59 Å². The molecule has 1 saturated heterocycles. The summed E-state index contributed by atoms with van der Waals surface area (Å²) in [6, 6.07) is 23.8. The van der Waals surface area contributed by atoms with E-state index in [1.807, 2.05) is 126 Å². The van der Waals surface area contributed by atoms with Crippen molar-refractivity contribution in [1.29, 1.82) is 0 Å². The summed E-state index contributed by atoms with van der Waals surface area (Å²) < 4.78 is 4.82. The van der Waals surface area contributed by atoms with Gasteiger partial charge in [0, 0.05) is 30.7 Å². The molecule has 0 aliphatic carbocycles. The van der Waals surface area contributed by atoms with Crippen LogP contribution >= 0.6 is 0 Å². The largest absolute Gasteiger partial charge is 0.453 e. The summed E-state index contributed by atoms with van der Waals surface area (Å²) >= 11 is 0. The van der Waals surface area contributed by atoms with Gasteiger partial charge in [0.15, 0.2) is 0 Å². The van der Waals surface area contributed by atoms with E-state index in [1.54, 1.807) is 14.8 Å². The fraction of sp³-hybridized carbons (Fsp3) is 0.455. The maximum absolute atomic E-state index is 14.5. The third kappa shape index (κ3) is 11.5. The molecular weight excluding hydrogens is 737 g/mol. The first kappa shape index (κ1) is 43.5. The third-order valence-corrected chi connectivity index (χ3v) is 10.6. The molecule has 14 nitrogen and oxygen atoms in total. The number of methoxy groups -OCH3 is 1. The van der Waals surface area contributed by atoms with E-state index in [9.17, 15) is 24.3 Å². The molecule has 5 rings (SSSR count). The molecule has 4 N–H and O–H groups in total. The molecule has 58 heavy (non-hydrogen) atoms. The maximum Gasteiger partial charge on any atom is 0.407 e. The molecule has 0 unspecified atom stereocenters. The van der Waals surface area contributed by atoms with Gasteiger partial charge < -0.3 is 30.3 Å². The van der Waals surface area contributed by atoms with Crippen molar-refractivity contribution in [2.45, 2.75) is 91.7 Å². The molecule has 0 spiro atoms. The van der Waals surface area contributed by atoms with Crippen molar-refractivity contribution in [3.63, 3.8) is 0 Å². The Bertz CT molecular complexity index is 2020. The highest BCUT2D eigenvalue weighted by atomic mass is 16.5. The van der Waals surface area contributed by atoms with Crippen LogP contribution in [0.25, 0.3) is 10.9 Å². The van der Waals surface area contributed by atoms with Gasteiger partial charge in [-0.15, -0.1) is 0 Å². The first-order chi connectivity index (χ1) is 27.7. The van der Waals surface area contributed by atoms with Crippen molar-refractivity contribution in [3.05, 3.63) is 108 Å². The molecule has 1 aliphatic heterocycles. The Labute approximate surface area is 341 Å². The summed E-state index contributed by atoms with van der Waals surface area (Å²) in [6.07, 6.45) is -1.07. The van der Waals surface area contributed by atoms with Gasteiger partial charge >= 0.3 is 12.1 Å². The van der Waals surface area contributed by atoms with Crippen LogP contribution in [0.3, 0.4) is 0 Å². The molecule has 310 valence electrons. The minimum atomic E-state index is -1.22. The molecule has 0 bridgehead atoms. The Hall–Kier alpha value is -5.60. The average molecular weight is 795 g/mol. The zero-order valence-corrected chi connectivity index (χ0v) is 34.6. The number of hydrogen-bond acceptors (Lipinski definition) is 9. The number of alkyl carbamates (subject to hydrolysis) is 1. The van der Waals surface area contributed by atoms with E-state index < -0.39 is 41.6 Å². The van der Waals surface area contributed by atoms with Gasteiger partial charge in [-0.3, -0.25) is 25.0 Å². The van der Waals surface area contributed by atoms with Gasteiger partial charge in [-0.05, 0) is 54.5 Å². The number of hydrogen-bond donors (Lipinski definition) is 4. The van der Waals surface area contributed by atoms with Gasteiger partial charge in [-0.25, -0.2) is 14.6 Å². The van der Waals surface area contributed by atoms with E-state index in [1.165, 1.54) is 7.11 Å². The average Bonchev–Trinajstić information content (AvgIpc) is 3.54. The molecular formula is C44H58N8O6. The summed E-state index contributed by atoms with van der Waals surface area (Å²) in [5.41, 5.74) is 6.12. The molecule has 1 fully saturated rings. The number of aliphatic hydroxyl groups excluding tert-OH is 1. The monoisotopic (exact) mass is 794 g/mol. The van der Waals surface area contributed by atoms with Crippen molar-refractivity contribution in [2.75, 3.05) is 26.7 Å². The number of para-hydroxylation sites is 1. The summed E-state index contributed by atoms with van der Waals surface area (Å²) in [4.78, 5) is 67.4. The lowest BCUT2D eigenvalue weighted by atomic mass is 9.86. The number of amides is 5. The molecule has 4 aromatic rings. The predicted octanol–water partition coefficient (Wildman–Crippen LogP) is 4.98. The van der Waals surface area contributed by atoms with Crippen LogP contribution in [-0.2, 0) is 33.8 Å². The number of fused-ring (bicyclic) bond motifs is 1. The third-order valence-electron chi connectivity index (χ3n) is 10.6. The fourth-order valence-electron chi connectivity index (χ4n) is 7.21. The van der Waals surface area contributed by atoms with E-state index >= 15 is 0 Å². The molecule has 0 radical (unpaired) electrons. The molecule has 3 heterocycles. The summed E-state index contributed by atoms with van der Waals surface area (Å²) in [5.74, 6) is -1.09. The predicted molar refractivity (Wildman–Crippen MR) is 222 cm³/mol.